The van der Waals surface area contributed by atoms with Crippen molar-refractivity contribution in [2.75, 3.05) is 18.0 Å². The summed E-state index contributed by atoms with van der Waals surface area (Å²) < 4.78 is 11.3. The first-order valence-corrected chi connectivity index (χ1v) is 9.56. The van der Waals surface area contributed by atoms with Crippen LogP contribution in [0.3, 0.4) is 0 Å². The first-order valence-electron chi connectivity index (χ1n) is 9.56. The molecule has 1 fully saturated rings. The second-order valence-corrected chi connectivity index (χ2v) is 7.21. The Kier molecular flexibility index (Phi) is 4.98. The number of hydrogen-bond acceptors (Lipinski definition) is 4. The van der Waals surface area contributed by atoms with Crippen molar-refractivity contribution < 1.29 is 13.9 Å². The molecule has 5 heteroatoms. The van der Waals surface area contributed by atoms with Gasteiger partial charge in [-0.25, -0.2) is 0 Å². The number of carbonyl (C=O) groups excluding carboxylic acids is 1. The number of anilines is 1. The van der Waals surface area contributed by atoms with Crippen molar-refractivity contribution in [2.24, 2.45) is 0 Å². The van der Waals surface area contributed by atoms with Crippen LogP contribution in [0.25, 0.3) is 0 Å². The molecule has 1 aromatic heterocycles. The molecule has 0 saturated heterocycles. The summed E-state index contributed by atoms with van der Waals surface area (Å²) in [6, 6.07) is 12.3. The average molecular weight is 354 g/mol. The van der Waals surface area contributed by atoms with Crippen molar-refractivity contribution >= 4 is 11.6 Å². The van der Waals surface area contributed by atoms with Crippen LogP contribution in [-0.2, 0) is 11.3 Å². The second kappa shape index (κ2) is 7.54. The van der Waals surface area contributed by atoms with E-state index in [0.29, 0.717) is 12.6 Å². The number of furan rings is 1. The molecule has 138 valence electrons. The van der Waals surface area contributed by atoms with Crippen LogP contribution >= 0.6 is 0 Å². The molecule has 2 aliphatic rings. The van der Waals surface area contributed by atoms with Crippen molar-refractivity contribution in [3.8, 4) is 5.75 Å². The highest BCUT2D eigenvalue weighted by molar-refractivity contribution is 5.99. The summed E-state index contributed by atoms with van der Waals surface area (Å²) in [6.45, 7) is 4.12. The molecular formula is C21H26N2O3. The number of fused-ring (bicyclic) bond motifs is 1. The summed E-state index contributed by atoms with van der Waals surface area (Å²) in [5, 5.41) is 0. The van der Waals surface area contributed by atoms with E-state index in [1.807, 2.05) is 48.2 Å². The maximum Gasteiger partial charge on any atom is 0.267 e. The minimum atomic E-state index is -0.435. The molecule has 1 saturated carbocycles. The van der Waals surface area contributed by atoms with E-state index in [2.05, 4.69) is 4.90 Å². The summed E-state index contributed by atoms with van der Waals surface area (Å²) in [7, 11) is 0. The van der Waals surface area contributed by atoms with Gasteiger partial charge in [-0.05, 0) is 44.0 Å². The first kappa shape index (κ1) is 17.2. The molecule has 1 aliphatic heterocycles. The zero-order valence-corrected chi connectivity index (χ0v) is 15.3. The molecule has 0 N–H and O–H groups in total. The van der Waals surface area contributed by atoms with E-state index in [-0.39, 0.29) is 5.91 Å². The van der Waals surface area contributed by atoms with Crippen LogP contribution < -0.4 is 9.64 Å². The second-order valence-electron chi connectivity index (χ2n) is 7.21. The Hall–Kier alpha value is -2.27. The van der Waals surface area contributed by atoms with Crippen LogP contribution in [0.2, 0.25) is 0 Å². The maximum absolute atomic E-state index is 12.7. The van der Waals surface area contributed by atoms with Gasteiger partial charge in [0, 0.05) is 19.1 Å². The third-order valence-corrected chi connectivity index (χ3v) is 5.46. The van der Waals surface area contributed by atoms with Crippen LogP contribution in [0.1, 0.15) is 38.4 Å². The Morgan fingerprint density at radius 1 is 1.15 bits per heavy atom. The lowest BCUT2D eigenvalue weighted by atomic mass is 10.1. The molecule has 5 nitrogen and oxygen atoms in total. The lowest BCUT2D eigenvalue weighted by Gasteiger charge is -2.35. The van der Waals surface area contributed by atoms with Gasteiger partial charge < -0.3 is 14.1 Å². The third-order valence-electron chi connectivity index (χ3n) is 5.46. The van der Waals surface area contributed by atoms with E-state index in [1.54, 1.807) is 6.26 Å². The highest BCUT2D eigenvalue weighted by Crippen LogP contribution is 2.34. The molecule has 2 aromatic rings. The quantitative estimate of drug-likeness (QED) is 0.791. The minimum absolute atomic E-state index is 0.0353. The van der Waals surface area contributed by atoms with Gasteiger partial charge in [-0.1, -0.05) is 25.0 Å². The molecule has 1 amide bonds. The number of benzene rings is 1. The fraction of sp³-hybridized carbons (Fsp3) is 0.476. The lowest BCUT2D eigenvalue weighted by molar-refractivity contribution is -0.125. The van der Waals surface area contributed by atoms with Gasteiger partial charge >= 0.3 is 0 Å². The molecule has 0 radical (unpaired) electrons. The molecule has 1 aromatic carbocycles. The predicted molar refractivity (Wildman–Crippen MR) is 100 cm³/mol. The number of carbonyl (C=O) groups is 1. The molecule has 26 heavy (non-hydrogen) atoms. The standard InChI is InChI=1S/C21H26N2O3/c1-16-21(24)23(19-10-4-5-11-20(19)26-16)13-12-22(17-7-2-3-8-17)15-18-9-6-14-25-18/h4-6,9-11,14,16-17H,2-3,7-8,12-13,15H2,1H3/t16-/m1/s1. The topological polar surface area (TPSA) is 45.9 Å². The van der Waals surface area contributed by atoms with Gasteiger partial charge in [0.2, 0.25) is 0 Å². The summed E-state index contributed by atoms with van der Waals surface area (Å²) >= 11 is 0. The van der Waals surface area contributed by atoms with Gasteiger partial charge in [0.1, 0.15) is 11.5 Å². The summed E-state index contributed by atoms with van der Waals surface area (Å²) in [4.78, 5) is 17.1. The number of hydrogen-bond donors (Lipinski definition) is 0. The number of para-hydroxylation sites is 2. The zero-order valence-electron chi connectivity index (χ0n) is 15.3. The van der Waals surface area contributed by atoms with Crippen molar-refractivity contribution in [3.05, 3.63) is 48.4 Å². The molecule has 0 spiro atoms. The molecular weight excluding hydrogens is 328 g/mol. The Bertz CT molecular complexity index is 737. The SMILES string of the molecule is C[C@H]1Oc2ccccc2N(CCN(Cc2ccco2)C2CCCC2)C1=O. The molecule has 1 atom stereocenters. The van der Waals surface area contributed by atoms with E-state index < -0.39 is 6.10 Å². The monoisotopic (exact) mass is 354 g/mol. The average Bonchev–Trinajstić information content (AvgIpc) is 3.35. The zero-order chi connectivity index (χ0) is 17.9. The van der Waals surface area contributed by atoms with E-state index in [9.17, 15) is 4.79 Å². The molecule has 0 unspecified atom stereocenters. The van der Waals surface area contributed by atoms with Crippen molar-refractivity contribution in [1.82, 2.24) is 4.90 Å². The number of ether oxygens (including phenoxy) is 1. The molecule has 0 bridgehead atoms. The highest BCUT2D eigenvalue weighted by atomic mass is 16.5. The third kappa shape index (κ3) is 3.49. The van der Waals surface area contributed by atoms with Gasteiger partial charge in [-0.15, -0.1) is 0 Å². The fourth-order valence-corrected chi connectivity index (χ4v) is 4.08. The van der Waals surface area contributed by atoms with Crippen molar-refractivity contribution in [2.45, 2.75) is 51.3 Å². The van der Waals surface area contributed by atoms with Gasteiger partial charge in [0.25, 0.3) is 5.91 Å². The number of rotatable bonds is 6. The number of amides is 1. The van der Waals surface area contributed by atoms with Crippen LogP contribution in [-0.4, -0.2) is 36.0 Å². The highest BCUT2D eigenvalue weighted by Gasteiger charge is 2.32. The Morgan fingerprint density at radius 2 is 1.96 bits per heavy atom. The van der Waals surface area contributed by atoms with E-state index in [4.69, 9.17) is 9.15 Å². The molecule has 2 heterocycles. The van der Waals surface area contributed by atoms with Crippen LogP contribution in [0.4, 0.5) is 5.69 Å². The summed E-state index contributed by atoms with van der Waals surface area (Å²) in [5.74, 6) is 1.81. The normalized spacial score (nSPS) is 20.5. The van der Waals surface area contributed by atoms with Crippen LogP contribution in [0.5, 0.6) is 5.75 Å². The van der Waals surface area contributed by atoms with Crippen LogP contribution in [0, 0.1) is 0 Å². The first-order chi connectivity index (χ1) is 12.7. The van der Waals surface area contributed by atoms with Crippen molar-refractivity contribution in [1.29, 1.82) is 0 Å². The van der Waals surface area contributed by atoms with Gasteiger partial charge in [0.05, 0.1) is 18.5 Å². The van der Waals surface area contributed by atoms with Crippen LogP contribution in [0.15, 0.2) is 47.1 Å². The van der Waals surface area contributed by atoms with Crippen molar-refractivity contribution in [3.63, 3.8) is 0 Å². The Balaban J connectivity index is 1.50. The van der Waals surface area contributed by atoms with E-state index >= 15 is 0 Å². The maximum atomic E-state index is 12.7. The summed E-state index contributed by atoms with van der Waals surface area (Å²) in [6.07, 6.45) is 6.32. The molecule has 1 aliphatic carbocycles. The fourth-order valence-electron chi connectivity index (χ4n) is 4.08. The largest absolute Gasteiger partial charge is 0.479 e. The lowest BCUT2D eigenvalue weighted by Crippen LogP contribution is -2.48. The van der Waals surface area contributed by atoms with Gasteiger partial charge in [-0.3, -0.25) is 9.69 Å². The van der Waals surface area contributed by atoms with Gasteiger partial charge in [-0.2, -0.15) is 0 Å². The van der Waals surface area contributed by atoms with E-state index in [1.165, 1.54) is 25.7 Å². The molecule has 4 rings (SSSR count). The smallest absolute Gasteiger partial charge is 0.267 e. The summed E-state index contributed by atoms with van der Waals surface area (Å²) in [5.41, 5.74) is 0.875. The van der Waals surface area contributed by atoms with Gasteiger partial charge in [0.15, 0.2) is 6.10 Å². The predicted octanol–water partition coefficient (Wildman–Crippen LogP) is 3.84. The minimum Gasteiger partial charge on any atom is -0.479 e. The Morgan fingerprint density at radius 3 is 2.73 bits per heavy atom. The number of nitrogens with zero attached hydrogens (tertiary/aromatic N) is 2. The Labute approximate surface area is 154 Å². The van der Waals surface area contributed by atoms with E-state index in [0.717, 1.165) is 30.3 Å².